The third-order valence-electron chi connectivity index (χ3n) is 4.89. The average molecular weight is 394 g/mol. The summed E-state index contributed by atoms with van der Waals surface area (Å²) >= 11 is 1.75. The molecule has 0 N–H and O–H groups in total. The number of aromatic nitrogens is 1. The van der Waals surface area contributed by atoms with Crippen LogP contribution in [0.15, 0.2) is 54.6 Å². The van der Waals surface area contributed by atoms with Gasteiger partial charge in [0.15, 0.2) is 0 Å². The molecule has 6 heteroatoms. The van der Waals surface area contributed by atoms with E-state index in [1.807, 2.05) is 47.4 Å². The number of rotatable bonds is 5. The van der Waals surface area contributed by atoms with E-state index in [1.165, 1.54) is 4.70 Å². The van der Waals surface area contributed by atoms with Crippen LogP contribution in [0.3, 0.4) is 0 Å². The van der Waals surface area contributed by atoms with Gasteiger partial charge in [-0.15, -0.1) is 11.3 Å². The molecule has 0 spiro atoms. The number of benzene rings is 2. The van der Waals surface area contributed by atoms with E-state index in [9.17, 15) is 4.79 Å². The number of nitrogens with zero attached hydrogens (tertiary/aromatic N) is 3. The Morgan fingerprint density at radius 2 is 1.96 bits per heavy atom. The molecular weight excluding hydrogens is 370 g/mol. The molecule has 0 unspecified atom stereocenters. The highest BCUT2D eigenvalue weighted by Gasteiger charge is 2.20. The van der Waals surface area contributed by atoms with Crippen LogP contribution in [-0.4, -0.2) is 54.0 Å². The molecule has 1 aliphatic heterocycles. The lowest BCUT2D eigenvalue weighted by molar-refractivity contribution is -0.127. The van der Waals surface area contributed by atoms with Crippen molar-refractivity contribution in [3.05, 3.63) is 65.2 Å². The normalized spacial score (nSPS) is 15.4. The zero-order valence-corrected chi connectivity index (χ0v) is 16.7. The lowest BCUT2D eigenvalue weighted by atomic mass is 10.2. The molecule has 1 amide bonds. The van der Waals surface area contributed by atoms with E-state index in [0.29, 0.717) is 0 Å². The molecule has 0 aliphatic carbocycles. The summed E-state index contributed by atoms with van der Waals surface area (Å²) in [5.41, 5.74) is 2.03. The fourth-order valence-corrected chi connectivity index (χ4v) is 4.33. The molecule has 4 rings (SSSR count). The van der Waals surface area contributed by atoms with E-state index in [4.69, 9.17) is 9.72 Å². The van der Waals surface area contributed by atoms with Gasteiger partial charge in [0.25, 0.3) is 0 Å². The van der Waals surface area contributed by atoms with Crippen molar-refractivity contribution in [1.29, 1.82) is 0 Å². The Balaban J connectivity index is 1.30. The summed E-state index contributed by atoms with van der Waals surface area (Å²) in [5.74, 6) is 0.848. The van der Waals surface area contributed by atoms with Crippen molar-refractivity contribution in [3.8, 4) is 5.75 Å². The molecule has 144 valence electrons. The van der Waals surface area contributed by atoms with Gasteiger partial charge in [-0.3, -0.25) is 9.69 Å². The van der Waals surface area contributed by atoms with Crippen LogP contribution in [0.4, 0.5) is 0 Å². The molecule has 28 heavy (non-hydrogen) atoms. The van der Waals surface area contributed by atoms with Crippen LogP contribution in [0.1, 0.15) is 10.6 Å². The number of piperazine rings is 1. The van der Waals surface area contributed by atoms with Crippen molar-refractivity contribution in [1.82, 2.24) is 14.8 Å². The third-order valence-corrected chi connectivity index (χ3v) is 5.91. The number of ether oxygens (including phenoxy) is 1. The summed E-state index contributed by atoms with van der Waals surface area (Å²) in [6.07, 6.45) is 3.50. The maximum Gasteiger partial charge on any atom is 0.246 e. The molecule has 1 aromatic heterocycles. The number of hydrogen-bond acceptors (Lipinski definition) is 5. The molecule has 1 saturated heterocycles. The van der Waals surface area contributed by atoms with E-state index < -0.39 is 0 Å². The average Bonchev–Trinajstić information content (AvgIpc) is 3.15. The molecule has 1 fully saturated rings. The zero-order chi connectivity index (χ0) is 19.3. The highest BCUT2D eigenvalue weighted by Crippen LogP contribution is 2.23. The van der Waals surface area contributed by atoms with Gasteiger partial charge in [0, 0.05) is 32.3 Å². The second kappa shape index (κ2) is 8.54. The maximum absolute atomic E-state index is 12.5. The predicted octanol–water partition coefficient (Wildman–Crippen LogP) is 3.66. The van der Waals surface area contributed by atoms with E-state index in [-0.39, 0.29) is 5.91 Å². The second-order valence-electron chi connectivity index (χ2n) is 6.79. The van der Waals surface area contributed by atoms with E-state index in [2.05, 4.69) is 17.0 Å². The number of carbonyl (C=O) groups is 1. The number of carbonyl (C=O) groups excluding carboxylic acids is 1. The highest BCUT2D eigenvalue weighted by atomic mass is 32.1. The molecule has 0 saturated carbocycles. The zero-order valence-electron chi connectivity index (χ0n) is 15.9. The monoisotopic (exact) mass is 393 g/mol. The largest absolute Gasteiger partial charge is 0.497 e. The van der Waals surface area contributed by atoms with E-state index >= 15 is 0 Å². The lowest BCUT2D eigenvalue weighted by Gasteiger charge is -2.33. The molecule has 1 aliphatic rings. The second-order valence-corrected chi connectivity index (χ2v) is 7.90. The molecule has 5 nitrogen and oxygen atoms in total. The van der Waals surface area contributed by atoms with Crippen molar-refractivity contribution >= 4 is 33.5 Å². The Morgan fingerprint density at radius 1 is 1.14 bits per heavy atom. The van der Waals surface area contributed by atoms with E-state index in [1.54, 1.807) is 24.5 Å². The van der Waals surface area contributed by atoms with Crippen molar-refractivity contribution in [3.63, 3.8) is 0 Å². The minimum absolute atomic E-state index is 0.0578. The van der Waals surface area contributed by atoms with Crippen LogP contribution >= 0.6 is 11.3 Å². The first-order valence-electron chi connectivity index (χ1n) is 9.39. The fourth-order valence-electron chi connectivity index (χ4n) is 3.32. The number of methoxy groups -OCH3 is 1. The Morgan fingerprint density at radius 3 is 2.75 bits per heavy atom. The van der Waals surface area contributed by atoms with Gasteiger partial charge in [-0.2, -0.15) is 0 Å². The standard InChI is InChI=1S/C22H23N3O2S/c1-27-18-6-4-5-17(15-18)9-10-22(26)25-13-11-24(12-14-25)16-21-23-19-7-2-3-8-20(19)28-21/h2-10,15H,11-14,16H2,1H3. The topological polar surface area (TPSA) is 45.7 Å². The van der Waals surface area contributed by atoms with Crippen LogP contribution in [0.2, 0.25) is 0 Å². The summed E-state index contributed by atoms with van der Waals surface area (Å²) < 4.78 is 6.45. The van der Waals surface area contributed by atoms with Gasteiger partial charge in [-0.25, -0.2) is 4.98 Å². The molecule has 2 heterocycles. The van der Waals surface area contributed by atoms with Crippen LogP contribution in [-0.2, 0) is 11.3 Å². The van der Waals surface area contributed by atoms with Crippen molar-refractivity contribution < 1.29 is 9.53 Å². The molecule has 2 aromatic carbocycles. The summed E-state index contributed by atoms with van der Waals surface area (Å²) in [5, 5.41) is 1.14. The smallest absolute Gasteiger partial charge is 0.246 e. The summed E-state index contributed by atoms with van der Waals surface area (Å²) in [6, 6.07) is 15.9. The lowest BCUT2D eigenvalue weighted by Crippen LogP contribution is -2.47. The van der Waals surface area contributed by atoms with Gasteiger partial charge in [0.2, 0.25) is 5.91 Å². The Labute approximate surface area is 168 Å². The minimum Gasteiger partial charge on any atom is -0.497 e. The van der Waals surface area contributed by atoms with Gasteiger partial charge >= 0.3 is 0 Å². The first-order chi connectivity index (χ1) is 13.7. The van der Waals surface area contributed by atoms with Gasteiger partial charge in [0.1, 0.15) is 10.8 Å². The van der Waals surface area contributed by atoms with Gasteiger partial charge < -0.3 is 9.64 Å². The highest BCUT2D eigenvalue weighted by molar-refractivity contribution is 7.18. The van der Waals surface area contributed by atoms with Crippen LogP contribution in [0.25, 0.3) is 16.3 Å². The van der Waals surface area contributed by atoms with Crippen molar-refractivity contribution in [2.75, 3.05) is 33.3 Å². The number of hydrogen-bond donors (Lipinski definition) is 0. The quantitative estimate of drug-likeness (QED) is 0.621. The van der Waals surface area contributed by atoms with Gasteiger partial charge in [-0.1, -0.05) is 24.3 Å². The Hall–Kier alpha value is -2.70. The molecular formula is C22H23N3O2S. The molecule has 0 bridgehead atoms. The predicted molar refractivity (Wildman–Crippen MR) is 114 cm³/mol. The SMILES string of the molecule is COc1cccc(C=CC(=O)N2CCN(Cc3nc4ccccc4s3)CC2)c1. The molecule has 0 radical (unpaired) electrons. The number of para-hydroxylation sites is 1. The van der Waals surface area contributed by atoms with Crippen LogP contribution < -0.4 is 4.74 Å². The fraction of sp³-hybridized carbons (Fsp3) is 0.273. The van der Waals surface area contributed by atoms with Gasteiger partial charge in [-0.05, 0) is 35.9 Å². The Bertz CT molecular complexity index is 957. The maximum atomic E-state index is 12.5. The van der Waals surface area contributed by atoms with Crippen LogP contribution in [0, 0.1) is 0 Å². The minimum atomic E-state index is 0.0578. The number of thiazole rings is 1. The van der Waals surface area contributed by atoms with Crippen LogP contribution in [0.5, 0.6) is 5.75 Å². The van der Waals surface area contributed by atoms with E-state index in [0.717, 1.165) is 54.6 Å². The van der Waals surface area contributed by atoms with Crippen molar-refractivity contribution in [2.45, 2.75) is 6.54 Å². The first kappa shape index (κ1) is 18.7. The first-order valence-corrected chi connectivity index (χ1v) is 10.2. The van der Waals surface area contributed by atoms with Gasteiger partial charge in [0.05, 0.1) is 23.9 Å². The summed E-state index contributed by atoms with van der Waals surface area (Å²) in [7, 11) is 1.64. The number of amides is 1. The third kappa shape index (κ3) is 4.40. The molecule has 3 aromatic rings. The van der Waals surface area contributed by atoms with Crippen molar-refractivity contribution in [2.24, 2.45) is 0 Å². The molecule has 0 atom stereocenters. The number of fused-ring (bicyclic) bond motifs is 1. The Kier molecular flexibility index (Phi) is 5.69. The summed E-state index contributed by atoms with van der Waals surface area (Å²) in [4.78, 5) is 21.5. The summed E-state index contributed by atoms with van der Waals surface area (Å²) in [6.45, 7) is 4.07.